The van der Waals surface area contributed by atoms with Gasteiger partial charge in [-0.3, -0.25) is 0 Å². The highest BCUT2D eigenvalue weighted by Crippen LogP contribution is 2.25. The van der Waals surface area contributed by atoms with E-state index in [1.54, 1.807) is 0 Å². The third-order valence-electron chi connectivity index (χ3n) is 1.47. The van der Waals surface area contributed by atoms with Gasteiger partial charge >= 0.3 is 21.6 Å². The van der Waals surface area contributed by atoms with Gasteiger partial charge in [-0.1, -0.05) is 13.8 Å². The van der Waals surface area contributed by atoms with Crippen molar-refractivity contribution >= 4 is 16.1 Å². The maximum absolute atomic E-state index is 11.8. The second-order valence-corrected chi connectivity index (χ2v) is 4.61. The molecule has 9 heteroatoms. The topological polar surface area (TPSA) is 86.5 Å². The van der Waals surface area contributed by atoms with Gasteiger partial charge in [0.05, 0.1) is 0 Å². The summed E-state index contributed by atoms with van der Waals surface area (Å²) in [5, 5.41) is 0. The molecule has 0 spiro atoms. The number of carbonyl (C=O) groups is 1. The lowest BCUT2D eigenvalue weighted by atomic mass is 10.1. The van der Waals surface area contributed by atoms with Crippen molar-refractivity contribution in [2.75, 3.05) is 0 Å². The molecule has 0 fully saturated rings. The summed E-state index contributed by atoms with van der Waals surface area (Å²) < 4.78 is 59.3. The molecule has 0 aliphatic carbocycles. The maximum atomic E-state index is 11.8. The predicted octanol–water partition coefficient (Wildman–Crippen LogP) is 0.362. The quantitative estimate of drug-likeness (QED) is 0.576. The van der Waals surface area contributed by atoms with E-state index < -0.39 is 33.6 Å². The van der Waals surface area contributed by atoms with Crippen molar-refractivity contribution in [1.82, 2.24) is 0 Å². The van der Waals surface area contributed by atoms with Gasteiger partial charge in [0, 0.05) is 0 Å². The fourth-order valence-electron chi connectivity index (χ4n) is 0.483. The zero-order valence-electron chi connectivity index (χ0n) is 7.91. The molecule has 90 valence electrons. The van der Waals surface area contributed by atoms with Crippen molar-refractivity contribution in [2.45, 2.75) is 25.4 Å². The SMILES string of the molecule is CC(C)[C@H](N)C(=O)OS(=O)(=O)C(F)(F)F. The molecule has 0 aromatic rings. The molecule has 0 heterocycles. The summed E-state index contributed by atoms with van der Waals surface area (Å²) in [5.41, 5.74) is -0.522. The molecule has 0 radical (unpaired) electrons. The van der Waals surface area contributed by atoms with Gasteiger partial charge in [-0.05, 0) is 5.92 Å². The van der Waals surface area contributed by atoms with Crippen LogP contribution in [0.1, 0.15) is 13.8 Å². The monoisotopic (exact) mass is 249 g/mol. The molecular formula is C6H10F3NO4S. The first-order chi connectivity index (χ1) is 6.49. The van der Waals surface area contributed by atoms with Gasteiger partial charge in [0.15, 0.2) is 0 Å². The number of nitrogens with two attached hydrogens (primary N) is 1. The zero-order chi connectivity index (χ0) is 12.4. The number of halogens is 3. The van der Waals surface area contributed by atoms with Gasteiger partial charge in [-0.2, -0.15) is 21.6 Å². The van der Waals surface area contributed by atoms with Crippen LogP contribution in [0.3, 0.4) is 0 Å². The average molecular weight is 249 g/mol. The van der Waals surface area contributed by atoms with E-state index in [1.165, 1.54) is 13.8 Å². The van der Waals surface area contributed by atoms with Gasteiger partial charge in [0.25, 0.3) is 0 Å². The number of carbonyl (C=O) groups excluding carboxylic acids is 1. The first-order valence-electron chi connectivity index (χ1n) is 3.79. The Labute approximate surface area is 84.5 Å². The van der Waals surface area contributed by atoms with Gasteiger partial charge in [-0.25, -0.2) is 4.79 Å². The molecule has 15 heavy (non-hydrogen) atoms. The highest BCUT2D eigenvalue weighted by molar-refractivity contribution is 7.88. The summed E-state index contributed by atoms with van der Waals surface area (Å²) in [6.45, 7) is 2.87. The van der Waals surface area contributed by atoms with Gasteiger partial charge in [0.1, 0.15) is 6.04 Å². The lowest BCUT2D eigenvalue weighted by Gasteiger charge is -2.14. The van der Waals surface area contributed by atoms with Crippen LogP contribution < -0.4 is 5.73 Å². The third-order valence-corrected chi connectivity index (χ3v) is 2.42. The van der Waals surface area contributed by atoms with Crippen molar-refractivity contribution in [3.05, 3.63) is 0 Å². The lowest BCUT2D eigenvalue weighted by Crippen LogP contribution is -2.40. The standard InChI is InChI=1S/C6H10F3NO4S/c1-3(2)4(10)5(11)14-15(12,13)6(7,8)9/h3-4H,10H2,1-2H3/t4-/m0/s1. The van der Waals surface area contributed by atoms with E-state index in [9.17, 15) is 26.4 Å². The molecule has 0 aromatic carbocycles. The van der Waals surface area contributed by atoms with E-state index in [2.05, 4.69) is 4.18 Å². The highest BCUT2D eigenvalue weighted by atomic mass is 32.2. The van der Waals surface area contributed by atoms with Crippen LogP contribution in [-0.4, -0.2) is 25.9 Å². The van der Waals surface area contributed by atoms with E-state index in [0.29, 0.717) is 0 Å². The largest absolute Gasteiger partial charge is 0.534 e. The van der Waals surface area contributed by atoms with Crippen LogP contribution in [-0.2, 0) is 19.1 Å². The minimum Gasteiger partial charge on any atom is -0.338 e. The summed E-state index contributed by atoms with van der Waals surface area (Å²) >= 11 is 0. The predicted molar refractivity (Wildman–Crippen MR) is 43.9 cm³/mol. The Morgan fingerprint density at radius 3 is 2.00 bits per heavy atom. The summed E-state index contributed by atoms with van der Waals surface area (Å²) in [7, 11) is -5.91. The Morgan fingerprint density at radius 1 is 1.33 bits per heavy atom. The Morgan fingerprint density at radius 2 is 1.73 bits per heavy atom. The summed E-state index contributed by atoms with van der Waals surface area (Å²) in [4.78, 5) is 10.8. The van der Waals surface area contributed by atoms with Crippen LogP contribution >= 0.6 is 0 Å². The Kier molecular flexibility index (Phi) is 4.11. The maximum Gasteiger partial charge on any atom is 0.534 e. The molecular weight excluding hydrogens is 239 g/mol. The van der Waals surface area contributed by atoms with E-state index >= 15 is 0 Å². The van der Waals surface area contributed by atoms with Crippen LogP contribution in [0.25, 0.3) is 0 Å². The molecule has 0 unspecified atom stereocenters. The van der Waals surface area contributed by atoms with Gasteiger partial charge < -0.3 is 9.92 Å². The minimum absolute atomic E-state index is 0.527. The summed E-state index contributed by atoms with van der Waals surface area (Å²) in [6.07, 6.45) is 0. The van der Waals surface area contributed by atoms with Gasteiger partial charge in [-0.15, -0.1) is 0 Å². The van der Waals surface area contributed by atoms with Crippen LogP contribution in [0.15, 0.2) is 0 Å². The molecule has 0 saturated heterocycles. The van der Waals surface area contributed by atoms with E-state index in [-0.39, 0.29) is 0 Å². The van der Waals surface area contributed by atoms with Gasteiger partial charge in [0.2, 0.25) is 0 Å². The highest BCUT2D eigenvalue weighted by Gasteiger charge is 2.50. The molecule has 1 atom stereocenters. The molecule has 0 saturated carbocycles. The van der Waals surface area contributed by atoms with E-state index in [0.717, 1.165) is 0 Å². The third kappa shape index (κ3) is 3.67. The van der Waals surface area contributed by atoms with Crippen molar-refractivity contribution in [2.24, 2.45) is 11.7 Å². The number of hydrogen-bond donors (Lipinski definition) is 1. The van der Waals surface area contributed by atoms with Crippen molar-refractivity contribution in [3.8, 4) is 0 Å². The Hall–Kier alpha value is -0.830. The molecule has 0 amide bonds. The zero-order valence-corrected chi connectivity index (χ0v) is 8.72. The molecule has 5 nitrogen and oxygen atoms in total. The Bertz CT molecular complexity index is 335. The second kappa shape index (κ2) is 4.35. The molecule has 2 N–H and O–H groups in total. The number of alkyl halides is 3. The van der Waals surface area contributed by atoms with Crippen molar-refractivity contribution < 1.29 is 30.6 Å². The first kappa shape index (κ1) is 14.2. The summed E-state index contributed by atoms with van der Waals surface area (Å²) in [5.74, 6) is -2.15. The van der Waals surface area contributed by atoms with Crippen LogP contribution in [0.4, 0.5) is 13.2 Å². The molecule has 0 aliphatic heterocycles. The summed E-state index contributed by atoms with van der Waals surface area (Å²) in [6, 6.07) is -1.41. The first-order valence-corrected chi connectivity index (χ1v) is 5.20. The van der Waals surface area contributed by atoms with E-state index in [1.807, 2.05) is 0 Å². The Balaban J connectivity index is 4.71. The fourth-order valence-corrected chi connectivity index (χ4v) is 0.905. The van der Waals surface area contributed by atoms with Crippen LogP contribution in [0.5, 0.6) is 0 Å². The van der Waals surface area contributed by atoms with Crippen molar-refractivity contribution in [1.29, 1.82) is 0 Å². The molecule has 0 aromatic heterocycles. The minimum atomic E-state index is -5.91. The fraction of sp³-hybridized carbons (Fsp3) is 0.833. The molecule has 0 bridgehead atoms. The molecule has 0 rings (SSSR count). The van der Waals surface area contributed by atoms with E-state index in [4.69, 9.17) is 5.73 Å². The lowest BCUT2D eigenvalue weighted by molar-refractivity contribution is -0.138. The number of hydrogen-bond acceptors (Lipinski definition) is 5. The average Bonchev–Trinajstić information content (AvgIpc) is 1.99. The van der Waals surface area contributed by atoms with Crippen LogP contribution in [0.2, 0.25) is 0 Å². The smallest absolute Gasteiger partial charge is 0.338 e. The van der Waals surface area contributed by atoms with Crippen molar-refractivity contribution in [3.63, 3.8) is 0 Å². The normalized spacial score (nSPS) is 15.1. The second-order valence-electron chi connectivity index (χ2n) is 3.07. The van der Waals surface area contributed by atoms with Crippen LogP contribution in [0, 0.1) is 5.92 Å². The number of rotatable bonds is 3. The molecule has 0 aliphatic rings.